The maximum absolute atomic E-state index is 12.9. The molecule has 1 aliphatic rings. The van der Waals surface area contributed by atoms with Gasteiger partial charge in [-0.1, -0.05) is 39.0 Å². The Balaban J connectivity index is 1.63. The third kappa shape index (κ3) is 4.59. The Morgan fingerprint density at radius 3 is 2.19 bits per heavy atom. The summed E-state index contributed by atoms with van der Waals surface area (Å²) in [5.74, 6) is 0.0593. The summed E-state index contributed by atoms with van der Waals surface area (Å²) in [6.45, 7) is 7.83. The van der Waals surface area contributed by atoms with Gasteiger partial charge in [0.05, 0.1) is 11.3 Å². The molecule has 1 aromatic heterocycles. The average molecular weight is 407 g/mol. The average Bonchev–Trinajstić information content (AvgIpc) is 3.14. The third-order valence-corrected chi connectivity index (χ3v) is 7.64. The van der Waals surface area contributed by atoms with Crippen molar-refractivity contribution < 1.29 is 13.2 Å². The Bertz CT molecular complexity index is 874. The Morgan fingerprint density at radius 2 is 1.67 bits per heavy atom. The summed E-state index contributed by atoms with van der Waals surface area (Å²) >= 11 is 1.57. The van der Waals surface area contributed by atoms with Gasteiger partial charge in [-0.25, -0.2) is 8.42 Å². The second-order valence-corrected chi connectivity index (χ2v) is 10.8. The predicted octanol–water partition coefficient (Wildman–Crippen LogP) is 3.12. The Hall–Kier alpha value is -1.70. The summed E-state index contributed by atoms with van der Waals surface area (Å²) in [5, 5.41) is 1.96. The van der Waals surface area contributed by atoms with Gasteiger partial charge in [0, 0.05) is 31.1 Å². The molecule has 0 unspecified atom stereocenters. The van der Waals surface area contributed by atoms with E-state index in [1.807, 2.05) is 29.6 Å². The number of carbonyl (C=O) groups excluding carboxylic acids is 1. The minimum Gasteiger partial charge on any atom is -0.340 e. The fourth-order valence-electron chi connectivity index (χ4n) is 3.13. The summed E-state index contributed by atoms with van der Waals surface area (Å²) in [6, 6.07) is 11.0. The molecule has 5 nitrogen and oxygen atoms in total. The molecule has 146 valence electrons. The van der Waals surface area contributed by atoms with Crippen LogP contribution < -0.4 is 0 Å². The van der Waals surface area contributed by atoms with Crippen LogP contribution in [0, 0.1) is 0 Å². The fraction of sp³-hybridized carbons (Fsp3) is 0.450. The van der Waals surface area contributed by atoms with E-state index in [-0.39, 0.29) is 11.3 Å². The highest BCUT2D eigenvalue weighted by atomic mass is 32.2. The van der Waals surface area contributed by atoms with Crippen LogP contribution in [-0.2, 0) is 26.7 Å². The SMILES string of the molecule is CC(C)(C)c1ccc(S(=O)(=O)N2CCN(C(=O)Cc3cccs3)CC2)cc1. The molecule has 0 spiro atoms. The first kappa shape index (κ1) is 20.0. The first-order valence-corrected chi connectivity index (χ1v) is 11.4. The third-order valence-electron chi connectivity index (χ3n) is 4.86. The number of piperazine rings is 1. The normalized spacial score (nSPS) is 16.5. The molecular formula is C20H26N2O3S2. The highest BCUT2D eigenvalue weighted by Crippen LogP contribution is 2.25. The molecule has 1 fully saturated rings. The summed E-state index contributed by atoms with van der Waals surface area (Å²) < 4.78 is 27.3. The molecule has 2 aromatic rings. The molecule has 0 saturated carbocycles. The van der Waals surface area contributed by atoms with E-state index in [1.165, 1.54) is 4.31 Å². The molecule has 0 aliphatic carbocycles. The van der Waals surface area contributed by atoms with Gasteiger partial charge in [0.1, 0.15) is 0 Å². The number of hydrogen-bond donors (Lipinski definition) is 0. The van der Waals surface area contributed by atoms with E-state index in [4.69, 9.17) is 0 Å². The van der Waals surface area contributed by atoms with Crippen molar-refractivity contribution in [1.29, 1.82) is 0 Å². The smallest absolute Gasteiger partial charge is 0.243 e. The molecule has 1 aromatic carbocycles. The van der Waals surface area contributed by atoms with E-state index in [0.717, 1.165) is 10.4 Å². The van der Waals surface area contributed by atoms with Gasteiger partial charge in [-0.05, 0) is 34.6 Å². The number of rotatable bonds is 4. The maximum atomic E-state index is 12.9. The van der Waals surface area contributed by atoms with Crippen LogP contribution in [0.2, 0.25) is 0 Å². The predicted molar refractivity (Wildman–Crippen MR) is 109 cm³/mol. The number of nitrogens with zero attached hydrogens (tertiary/aromatic N) is 2. The van der Waals surface area contributed by atoms with Gasteiger partial charge in [0.25, 0.3) is 0 Å². The highest BCUT2D eigenvalue weighted by molar-refractivity contribution is 7.89. The van der Waals surface area contributed by atoms with E-state index < -0.39 is 10.0 Å². The summed E-state index contributed by atoms with van der Waals surface area (Å²) in [4.78, 5) is 15.5. The number of thiophene rings is 1. The van der Waals surface area contributed by atoms with Crippen LogP contribution in [0.5, 0.6) is 0 Å². The molecule has 2 heterocycles. The van der Waals surface area contributed by atoms with Crippen LogP contribution in [0.3, 0.4) is 0 Å². The summed E-state index contributed by atoms with van der Waals surface area (Å²) in [7, 11) is -3.53. The van der Waals surface area contributed by atoms with Gasteiger partial charge in [0.2, 0.25) is 15.9 Å². The van der Waals surface area contributed by atoms with Gasteiger partial charge in [-0.15, -0.1) is 11.3 Å². The lowest BCUT2D eigenvalue weighted by Crippen LogP contribution is -2.50. The zero-order chi connectivity index (χ0) is 19.7. The standard InChI is InChI=1S/C20H26N2O3S2/c1-20(2,3)16-6-8-18(9-7-16)27(24,25)22-12-10-21(11-13-22)19(23)15-17-5-4-14-26-17/h4-9,14H,10-13,15H2,1-3H3. The van der Waals surface area contributed by atoms with E-state index in [0.29, 0.717) is 37.5 Å². The van der Waals surface area contributed by atoms with Gasteiger partial charge in [-0.2, -0.15) is 4.31 Å². The Morgan fingerprint density at radius 1 is 1.04 bits per heavy atom. The van der Waals surface area contributed by atoms with Crippen LogP contribution in [0.15, 0.2) is 46.7 Å². The second kappa shape index (κ2) is 7.73. The molecular weight excluding hydrogens is 380 g/mol. The quantitative estimate of drug-likeness (QED) is 0.784. The Labute approximate surface area is 165 Å². The highest BCUT2D eigenvalue weighted by Gasteiger charge is 2.30. The topological polar surface area (TPSA) is 57.7 Å². The van der Waals surface area contributed by atoms with Gasteiger partial charge >= 0.3 is 0 Å². The van der Waals surface area contributed by atoms with Crippen molar-refractivity contribution in [2.45, 2.75) is 37.5 Å². The molecule has 0 bridgehead atoms. The number of carbonyl (C=O) groups is 1. The van der Waals surface area contributed by atoms with Crippen molar-refractivity contribution in [3.05, 3.63) is 52.2 Å². The van der Waals surface area contributed by atoms with Crippen molar-refractivity contribution in [2.24, 2.45) is 0 Å². The lowest BCUT2D eigenvalue weighted by molar-refractivity contribution is -0.131. The van der Waals surface area contributed by atoms with Crippen molar-refractivity contribution in [3.63, 3.8) is 0 Å². The fourth-order valence-corrected chi connectivity index (χ4v) is 5.25. The number of hydrogen-bond acceptors (Lipinski definition) is 4. The minimum atomic E-state index is -3.53. The number of amides is 1. The van der Waals surface area contributed by atoms with Crippen LogP contribution in [0.4, 0.5) is 0 Å². The molecule has 1 amide bonds. The molecule has 0 atom stereocenters. The lowest BCUT2D eigenvalue weighted by atomic mass is 9.87. The maximum Gasteiger partial charge on any atom is 0.243 e. The van der Waals surface area contributed by atoms with Crippen LogP contribution >= 0.6 is 11.3 Å². The molecule has 3 rings (SSSR count). The first-order chi connectivity index (χ1) is 12.7. The monoisotopic (exact) mass is 406 g/mol. The van der Waals surface area contributed by atoms with Gasteiger partial charge in [-0.3, -0.25) is 4.79 Å². The van der Waals surface area contributed by atoms with Crippen molar-refractivity contribution in [3.8, 4) is 0 Å². The van der Waals surface area contributed by atoms with Crippen LogP contribution in [0.25, 0.3) is 0 Å². The number of sulfonamides is 1. The molecule has 0 N–H and O–H groups in total. The van der Waals surface area contributed by atoms with Crippen LogP contribution in [0.1, 0.15) is 31.2 Å². The van der Waals surface area contributed by atoms with Crippen LogP contribution in [-0.4, -0.2) is 49.7 Å². The largest absolute Gasteiger partial charge is 0.340 e. The number of benzene rings is 1. The second-order valence-electron chi connectivity index (χ2n) is 7.82. The van der Waals surface area contributed by atoms with E-state index in [2.05, 4.69) is 20.8 Å². The molecule has 0 radical (unpaired) electrons. The minimum absolute atomic E-state index is 0.0170. The summed E-state index contributed by atoms with van der Waals surface area (Å²) in [6.07, 6.45) is 0.388. The first-order valence-electron chi connectivity index (χ1n) is 9.09. The van der Waals surface area contributed by atoms with E-state index >= 15 is 0 Å². The van der Waals surface area contributed by atoms with Crippen molar-refractivity contribution >= 4 is 27.3 Å². The van der Waals surface area contributed by atoms with Gasteiger partial charge in [0.15, 0.2) is 0 Å². The molecule has 1 aliphatic heterocycles. The molecule has 1 saturated heterocycles. The van der Waals surface area contributed by atoms with Crippen molar-refractivity contribution in [2.75, 3.05) is 26.2 Å². The molecule has 27 heavy (non-hydrogen) atoms. The zero-order valence-electron chi connectivity index (χ0n) is 16.0. The molecule has 7 heteroatoms. The van der Waals surface area contributed by atoms with Crippen molar-refractivity contribution in [1.82, 2.24) is 9.21 Å². The summed E-state index contributed by atoms with van der Waals surface area (Å²) in [5.41, 5.74) is 1.09. The Kier molecular flexibility index (Phi) is 5.74. The van der Waals surface area contributed by atoms with E-state index in [1.54, 1.807) is 28.4 Å². The van der Waals surface area contributed by atoms with Gasteiger partial charge < -0.3 is 4.90 Å². The lowest BCUT2D eigenvalue weighted by Gasteiger charge is -2.34. The van der Waals surface area contributed by atoms with E-state index in [9.17, 15) is 13.2 Å². The zero-order valence-corrected chi connectivity index (χ0v) is 17.6.